The van der Waals surface area contributed by atoms with Crippen LogP contribution in [0.5, 0.6) is 5.75 Å². The van der Waals surface area contributed by atoms with Gasteiger partial charge in [-0.1, -0.05) is 22.0 Å². The fourth-order valence-corrected chi connectivity index (χ4v) is 3.26. The molecule has 0 unspecified atom stereocenters. The summed E-state index contributed by atoms with van der Waals surface area (Å²) in [6.45, 7) is 0.703. The van der Waals surface area contributed by atoms with Crippen molar-refractivity contribution in [2.45, 2.75) is 6.04 Å². The number of phenols is 1. The SMILES string of the molecule is C[NH+](C)[C@@H](CN=Cc1cc(Br)ccc1O)c1cccs1. The summed E-state index contributed by atoms with van der Waals surface area (Å²) in [4.78, 5) is 7.19. The number of aromatic hydroxyl groups is 1. The summed E-state index contributed by atoms with van der Waals surface area (Å²) >= 11 is 5.16. The Kier molecular flexibility index (Phi) is 5.34. The first-order chi connectivity index (χ1) is 9.58. The summed E-state index contributed by atoms with van der Waals surface area (Å²) in [5.41, 5.74) is 0.734. The molecule has 0 spiro atoms. The van der Waals surface area contributed by atoms with Gasteiger partial charge < -0.3 is 10.0 Å². The Morgan fingerprint density at radius 2 is 2.20 bits per heavy atom. The molecule has 1 heterocycles. The zero-order valence-electron chi connectivity index (χ0n) is 11.5. The summed E-state index contributed by atoms with van der Waals surface area (Å²) in [6.07, 6.45) is 1.74. The number of rotatable bonds is 5. The lowest BCUT2D eigenvalue weighted by Gasteiger charge is -2.18. The molecule has 0 amide bonds. The number of phenolic OH excluding ortho intramolecular Hbond substituents is 1. The molecule has 5 heteroatoms. The largest absolute Gasteiger partial charge is 0.507 e. The average Bonchev–Trinajstić information content (AvgIpc) is 2.91. The lowest BCUT2D eigenvalue weighted by Crippen LogP contribution is -3.06. The Hall–Kier alpha value is -1.17. The summed E-state index contributed by atoms with van der Waals surface area (Å²) in [5.74, 6) is 0.252. The predicted octanol–water partition coefficient (Wildman–Crippen LogP) is 2.52. The molecule has 1 aromatic carbocycles. The van der Waals surface area contributed by atoms with Crippen LogP contribution in [0.4, 0.5) is 0 Å². The van der Waals surface area contributed by atoms with Crippen LogP contribution in [0.1, 0.15) is 16.5 Å². The third-order valence-corrected chi connectivity index (χ3v) is 4.57. The maximum absolute atomic E-state index is 9.78. The van der Waals surface area contributed by atoms with E-state index in [1.165, 1.54) is 9.78 Å². The standard InChI is InChI=1S/C15H17BrN2OS/c1-18(2)13(15-4-3-7-20-15)10-17-9-11-8-12(16)5-6-14(11)19/h3-9,13,19H,10H2,1-2H3/p+1/t13-/m0/s1. The van der Waals surface area contributed by atoms with E-state index in [1.807, 2.05) is 12.1 Å². The number of nitrogens with one attached hydrogen (secondary N) is 1. The molecule has 0 fully saturated rings. The topological polar surface area (TPSA) is 37.0 Å². The molecule has 2 aromatic rings. The summed E-state index contributed by atoms with van der Waals surface area (Å²) in [7, 11) is 4.27. The van der Waals surface area contributed by atoms with Crippen LogP contribution in [-0.2, 0) is 0 Å². The first kappa shape index (κ1) is 15.2. The van der Waals surface area contributed by atoms with Crippen LogP contribution in [0.3, 0.4) is 0 Å². The van der Waals surface area contributed by atoms with Gasteiger partial charge in [0.2, 0.25) is 0 Å². The molecule has 20 heavy (non-hydrogen) atoms. The molecule has 0 bridgehead atoms. The Morgan fingerprint density at radius 1 is 1.40 bits per heavy atom. The van der Waals surface area contributed by atoms with Gasteiger partial charge in [-0.15, -0.1) is 11.3 Å². The lowest BCUT2D eigenvalue weighted by atomic mass is 10.2. The quantitative estimate of drug-likeness (QED) is 0.796. The van der Waals surface area contributed by atoms with Crippen LogP contribution in [0, 0.1) is 0 Å². The summed E-state index contributed by atoms with van der Waals surface area (Å²) in [6, 6.07) is 9.90. The third kappa shape index (κ3) is 3.91. The fraction of sp³-hybridized carbons (Fsp3) is 0.267. The molecule has 3 nitrogen and oxygen atoms in total. The van der Waals surface area contributed by atoms with Gasteiger partial charge >= 0.3 is 0 Å². The number of hydrogen-bond acceptors (Lipinski definition) is 3. The van der Waals surface area contributed by atoms with Gasteiger partial charge in [-0.25, -0.2) is 0 Å². The lowest BCUT2D eigenvalue weighted by molar-refractivity contribution is -0.890. The van der Waals surface area contributed by atoms with Gasteiger partial charge in [-0.3, -0.25) is 4.99 Å². The van der Waals surface area contributed by atoms with Crippen LogP contribution in [-0.4, -0.2) is 32.0 Å². The van der Waals surface area contributed by atoms with E-state index in [0.717, 1.165) is 10.0 Å². The highest BCUT2D eigenvalue weighted by Gasteiger charge is 2.17. The van der Waals surface area contributed by atoms with E-state index < -0.39 is 0 Å². The molecule has 1 aromatic heterocycles. The molecule has 0 aliphatic carbocycles. The van der Waals surface area contributed by atoms with E-state index in [2.05, 4.69) is 52.5 Å². The third-order valence-electron chi connectivity index (χ3n) is 3.09. The van der Waals surface area contributed by atoms with Crippen molar-refractivity contribution in [3.63, 3.8) is 0 Å². The van der Waals surface area contributed by atoms with Gasteiger partial charge in [0.15, 0.2) is 0 Å². The second kappa shape index (κ2) is 7.02. The van der Waals surface area contributed by atoms with Crippen LogP contribution in [0.15, 0.2) is 45.2 Å². The molecule has 0 aliphatic heterocycles. The average molecular weight is 354 g/mol. The van der Waals surface area contributed by atoms with E-state index in [9.17, 15) is 5.11 Å². The van der Waals surface area contributed by atoms with Crippen LogP contribution < -0.4 is 4.90 Å². The highest BCUT2D eigenvalue weighted by atomic mass is 79.9. The van der Waals surface area contributed by atoms with Crippen molar-refractivity contribution in [3.05, 3.63) is 50.6 Å². The number of thiophene rings is 1. The Bertz CT molecular complexity index is 582. The predicted molar refractivity (Wildman–Crippen MR) is 88.1 cm³/mol. The number of likely N-dealkylation sites (N-methyl/N-ethyl adjacent to an activating group) is 1. The maximum Gasteiger partial charge on any atom is 0.142 e. The van der Waals surface area contributed by atoms with Gasteiger partial charge in [-0.05, 0) is 29.6 Å². The second-order valence-corrected chi connectivity index (χ2v) is 6.74. The minimum absolute atomic E-state index is 0.252. The van der Waals surface area contributed by atoms with E-state index in [1.54, 1.807) is 23.6 Å². The van der Waals surface area contributed by atoms with Crippen molar-refractivity contribution in [2.75, 3.05) is 20.6 Å². The molecule has 0 saturated heterocycles. The molecule has 106 valence electrons. The second-order valence-electron chi connectivity index (χ2n) is 4.84. The molecule has 2 N–H and O–H groups in total. The van der Waals surface area contributed by atoms with Crippen LogP contribution in [0.2, 0.25) is 0 Å². The highest BCUT2D eigenvalue weighted by molar-refractivity contribution is 9.10. The monoisotopic (exact) mass is 353 g/mol. The number of quaternary nitrogens is 1. The smallest absolute Gasteiger partial charge is 0.142 e. The number of aliphatic imine (C=N–C) groups is 1. The number of benzene rings is 1. The molecule has 0 radical (unpaired) electrons. The highest BCUT2D eigenvalue weighted by Crippen LogP contribution is 2.20. The molecule has 1 atom stereocenters. The Balaban J connectivity index is 2.09. The Morgan fingerprint density at radius 3 is 2.85 bits per heavy atom. The van der Waals surface area contributed by atoms with Crippen LogP contribution in [0.25, 0.3) is 0 Å². The molecular weight excluding hydrogens is 336 g/mol. The first-order valence-corrected chi connectivity index (χ1v) is 8.07. The molecule has 0 saturated carbocycles. The summed E-state index contributed by atoms with van der Waals surface area (Å²) in [5, 5.41) is 11.9. The number of hydrogen-bond donors (Lipinski definition) is 2. The van der Waals surface area contributed by atoms with E-state index in [-0.39, 0.29) is 5.75 Å². The molecule has 2 rings (SSSR count). The van der Waals surface area contributed by atoms with Crippen molar-refractivity contribution in [3.8, 4) is 5.75 Å². The van der Waals surface area contributed by atoms with E-state index in [0.29, 0.717) is 12.6 Å². The van der Waals surface area contributed by atoms with Crippen molar-refractivity contribution in [1.29, 1.82) is 0 Å². The normalized spacial score (nSPS) is 13.2. The minimum Gasteiger partial charge on any atom is -0.507 e. The van der Waals surface area contributed by atoms with E-state index in [4.69, 9.17) is 0 Å². The fourth-order valence-electron chi connectivity index (χ4n) is 1.93. The first-order valence-electron chi connectivity index (χ1n) is 6.39. The van der Waals surface area contributed by atoms with Crippen molar-refractivity contribution < 1.29 is 10.0 Å². The van der Waals surface area contributed by atoms with Gasteiger partial charge in [0.05, 0.1) is 25.5 Å². The van der Waals surface area contributed by atoms with E-state index >= 15 is 0 Å². The molecular formula is C15H18BrN2OS+. The van der Waals surface area contributed by atoms with Gasteiger partial charge in [0, 0.05) is 16.3 Å². The number of nitrogens with zero attached hydrogens (tertiary/aromatic N) is 1. The van der Waals surface area contributed by atoms with Gasteiger partial charge in [-0.2, -0.15) is 0 Å². The van der Waals surface area contributed by atoms with Crippen molar-refractivity contribution in [2.24, 2.45) is 4.99 Å². The zero-order valence-corrected chi connectivity index (χ0v) is 13.9. The summed E-state index contributed by atoms with van der Waals surface area (Å²) < 4.78 is 0.935. The van der Waals surface area contributed by atoms with Gasteiger partial charge in [0.1, 0.15) is 11.8 Å². The maximum atomic E-state index is 9.78. The zero-order chi connectivity index (χ0) is 14.5. The number of halogens is 1. The van der Waals surface area contributed by atoms with Crippen molar-refractivity contribution in [1.82, 2.24) is 0 Å². The van der Waals surface area contributed by atoms with Gasteiger partial charge in [0.25, 0.3) is 0 Å². The molecule has 0 aliphatic rings. The van der Waals surface area contributed by atoms with Crippen LogP contribution >= 0.6 is 27.3 Å². The Labute approximate surface area is 131 Å². The van der Waals surface area contributed by atoms with Crippen molar-refractivity contribution >= 4 is 33.5 Å². The minimum atomic E-state index is 0.252.